The lowest BCUT2D eigenvalue weighted by molar-refractivity contribution is 0.301. The molecule has 0 aliphatic carbocycles. The normalized spacial score (nSPS) is 10.8. The molecule has 2 rings (SSSR count). The molecule has 0 aliphatic rings. The van der Waals surface area contributed by atoms with Gasteiger partial charge in [0.05, 0.1) is 5.69 Å². The number of aromatic nitrogens is 1. The minimum Gasteiger partial charge on any atom is -0.489 e. The minimum atomic E-state index is 0.447. The summed E-state index contributed by atoms with van der Waals surface area (Å²) in [5.74, 6) is 1.41. The number of nitrogens with two attached hydrogens (primary N) is 1. The number of benzene rings is 1. The number of pyridine rings is 1. The summed E-state index contributed by atoms with van der Waals surface area (Å²) >= 11 is 0. The molecule has 3 nitrogen and oxygen atoms in total. The molecular weight excluding hydrogens is 248 g/mol. The van der Waals surface area contributed by atoms with E-state index in [0.717, 1.165) is 17.0 Å². The molecule has 2 aromatic rings. The van der Waals surface area contributed by atoms with E-state index in [1.807, 2.05) is 12.1 Å². The van der Waals surface area contributed by atoms with Crippen molar-refractivity contribution in [3.63, 3.8) is 0 Å². The molecule has 3 heteroatoms. The third-order valence-corrected chi connectivity index (χ3v) is 3.28. The molecule has 0 atom stereocenters. The van der Waals surface area contributed by atoms with Crippen LogP contribution in [0.25, 0.3) is 0 Å². The van der Waals surface area contributed by atoms with Crippen LogP contribution in [0.4, 0.5) is 0 Å². The van der Waals surface area contributed by atoms with Crippen LogP contribution in [0.2, 0.25) is 0 Å². The Kier molecular flexibility index (Phi) is 4.74. The van der Waals surface area contributed by atoms with E-state index in [4.69, 9.17) is 10.5 Å². The Bertz CT molecular complexity index is 579. The number of nitrogens with zero attached hydrogens (tertiary/aromatic N) is 1. The molecule has 0 amide bonds. The van der Waals surface area contributed by atoms with E-state index in [9.17, 15) is 0 Å². The van der Waals surface area contributed by atoms with Gasteiger partial charge in [-0.15, -0.1) is 0 Å². The highest BCUT2D eigenvalue weighted by molar-refractivity contribution is 5.39. The Morgan fingerprint density at radius 2 is 2.00 bits per heavy atom. The average Bonchev–Trinajstić information content (AvgIpc) is 2.45. The van der Waals surface area contributed by atoms with Gasteiger partial charge < -0.3 is 10.5 Å². The molecule has 20 heavy (non-hydrogen) atoms. The lowest BCUT2D eigenvalue weighted by atomic mass is 10.0. The fraction of sp³-hybridized carbons (Fsp3) is 0.353. The molecule has 2 N–H and O–H groups in total. The first kappa shape index (κ1) is 14.5. The summed E-state index contributed by atoms with van der Waals surface area (Å²) in [4.78, 5) is 4.19. The summed E-state index contributed by atoms with van der Waals surface area (Å²) in [6.45, 7) is 7.43. The maximum atomic E-state index is 6.00. The van der Waals surface area contributed by atoms with Crippen LogP contribution >= 0.6 is 0 Å². The predicted octanol–water partition coefficient (Wildman–Crippen LogP) is 3.55. The lowest BCUT2D eigenvalue weighted by Gasteiger charge is -2.15. The third kappa shape index (κ3) is 3.58. The second-order valence-electron chi connectivity index (χ2n) is 5.34. The van der Waals surface area contributed by atoms with Gasteiger partial charge in [0.1, 0.15) is 12.4 Å². The van der Waals surface area contributed by atoms with Crippen molar-refractivity contribution in [3.8, 4) is 5.75 Å². The molecule has 1 aromatic carbocycles. The van der Waals surface area contributed by atoms with Crippen molar-refractivity contribution in [2.24, 2.45) is 5.73 Å². The van der Waals surface area contributed by atoms with Crippen LogP contribution in [0.3, 0.4) is 0 Å². The number of rotatable bonds is 5. The highest BCUT2D eigenvalue weighted by Gasteiger charge is 2.08. The van der Waals surface area contributed by atoms with E-state index >= 15 is 0 Å². The molecule has 0 aliphatic heterocycles. The van der Waals surface area contributed by atoms with Crippen molar-refractivity contribution >= 4 is 0 Å². The van der Waals surface area contributed by atoms with Gasteiger partial charge >= 0.3 is 0 Å². The topological polar surface area (TPSA) is 48.1 Å². The van der Waals surface area contributed by atoms with Gasteiger partial charge in [0.2, 0.25) is 0 Å². The van der Waals surface area contributed by atoms with E-state index in [2.05, 4.69) is 44.0 Å². The van der Waals surface area contributed by atoms with Gasteiger partial charge in [-0.05, 0) is 47.7 Å². The van der Waals surface area contributed by atoms with E-state index in [-0.39, 0.29) is 0 Å². The Morgan fingerprint density at radius 3 is 2.70 bits per heavy atom. The number of ether oxygens (including phenoxy) is 1. The van der Waals surface area contributed by atoms with Crippen LogP contribution in [-0.2, 0) is 13.2 Å². The van der Waals surface area contributed by atoms with Crippen molar-refractivity contribution in [1.29, 1.82) is 0 Å². The molecule has 0 bridgehead atoms. The molecule has 0 unspecified atom stereocenters. The van der Waals surface area contributed by atoms with E-state index in [1.165, 1.54) is 11.1 Å². The van der Waals surface area contributed by atoms with Crippen LogP contribution in [0.15, 0.2) is 36.5 Å². The first-order chi connectivity index (χ1) is 9.60. The Morgan fingerprint density at radius 1 is 1.20 bits per heavy atom. The Balaban J connectivity index is 2.15. The third-order valence-electron chi connectivity index (χ3n) is 3.28. The zero-order chi connectivity index (χ0) is 14.5. The van der Waals surface area contributed by atoms with Crippen molar-refractivity contribution in [2.45, 2.75) is 39.8 Å². The van der Waals surface area contributed by atoms with Crippen LogP contribution < -0.4 is 10.5 Å². The second-order valence-corrected chi connectivity index (χ2v) is 5.34. The van der Waals surface area contributed by atoms with Gasteiger partial charge in [-0.3, -0.25) is 4.98 Å². The van der Waals surface area contributed by atoms with Crippen LogP contribution in [-0.4, -0.2) is 4.98 Å². The quantitative estimate of drug-likeness (QED) is 0.903. The second kappa shape index (κ2) is 6.53. The van der Waals surface area contributed by atoms with Crippen molar-refractivity contribution in [1.82, 2.24) is 4.98 Å². The summed E-state index contributed by atoms with van der Waals surface area (Å²) in [6, 6.07) is 10.3. The van der Waals surface area contributed by atoms with E-state index in [0.29, 0.717) is 19.1 Å². The first-order valence-corrected chi connectivity index (χ1v) is 6.97. The Hall–Kier alpha value is -1.87. The summed E-state index contributed by atoms with van der Waals surface area (Å²) in [5.41, 5.74) is 10.0. The zero-order valence-electron chi connectivity index (χ0n) is 12.4. The number of hydrogen-bond acceptors (Lipinski definition) is 3. The summed E-state index contributed by atoms with van der Waals surface area (Å²) < 4.78 is 6.00. The van der Waals surface area contributed by atoms with E-state index < -0.39 is 0 Å². The molecule has 106 valence electrons. The molecule has 0 saturated carbocycles. The van der Waals surface area contributed by atoms with Gasteiger partial charge in [0.25, 0.3) is 0 Å². The number of hydrogen-bond donors (Lipinski definition) is 1. The first-order valence-electron chi connectivity index (χ1n) is 6.97. The maximum absolute atomic E-state index is 6.00. The summed E-state index contributed by atoms with van der Waals surface area (Å²) in [6.07, 6.45) is 1.78. The minimum absolute atomic E-state index is 0.447. The zero-order valence-corrected chi connectivity index (χ0v) is 12.4. The highest BCUT2D eigenvalue weighted by Crippen LogP contribution is 2.28. The van der Waals surface area contributed by atoms with Crippen LogP contribution in [0.1, 0.15) is 42.1 Å². The standard InChI is InChI=1S/C17H22N2O/c1-12(2)16-5-4-13(3)8-17(16)20-11-14-6-7-19-15(9-14)10-18/h4-9,12H,10-11,18H2,1-3H3. The monoisotopic (exact) mass is 270 g/mol. The summed E-state index contributed by atoms with van der Waals surface area (Å²) in [7, 11) is 0. The molecule has 0 spiro atoms. The SMILES string of the molecule is Cc1ccc(C(C)C)c(OCc2ccnc(CN)c2)c1. The van der Waals surface area contributed by atoms with Gasteiger partial charge in [-0.1, -0.05) is 26.0 Å². The Labute approximate surface area is 120 Å². The smallest absolute Gasteiger partial charge is 0.123 e. The maximum Gasteiger partial charge on any atom is 0.123 e. The van der Waals surface area contributed by atoms with E-state index in [1.54, 1.807) is 6.20 Å². The van der Waals surface area contributed by atoms with Crippen LogP contribution in [0, 0.1) is 6.92 Å². The van der Waals surface area contributed by atoms with Crippen LogP contribution in [0.5, 0.6) is 5.75 Å². The number of aryl methyl sites for hydroxylation is 1. The molecule has 1 aromatic heterocycles. The largest absolute Gasteiger partial charge is 0.489 e. The summed E-state index contributed by atoms with van der Waals surface area (Å²) in [5, 5.41) is 0. The lowest BCUT2D eigenvalue weighted by Crippen LogP contribution is -2.03. The average molecular weight is 270 g/mol. The molecule has 1 heterocycles. The highest BCUT2D eigenvalue weighted by atomic mass is 16.5. The molecule has 0 fully saturated rings. The molecular formula is C17H22N2O. The van der Waals surface area contributed by atoms with Gasteiger partial charge in [-0.25, -0.2) is 0 Å². The van der Waals surface area contributed by atoms with Gasteiger partial charge in [0, 0.05) is 12.7 Å². The molecule has 0 radical (unpaired) electrons. The van der Waals surface area contributed by atoms with Crippen molar-refractivity contribution in [3.05, 3.63) is 58.9 Å². The fourth-order valence-electron chi connectivity index (χ4n) is 2.13. The fourth-order valence-corrected chi connectivity index (χ4v) is 2.13. The van der Waals surface area contributed by atoms with Crippen molar-refractivity contribution in [2.75, 3.05) is 0 Å². The van der Waals surface area contributed by atoms with Gasteiger partial charge in [-0.2, -0.15) is 0 Å². The molecule has 0 saturated heterocycles. The van der Waals surface area contributed by atoms with Gasteiger partial charge in [0.15, 0.2) is 0 Å². The van der Waals surface area contributed by atoms with Crippen molar-refractivity contribution < 1.29 is 4.74 Å². The predicted molar refractivity (Wildman–Crippen MR) is 81.7 cm³/mol.